The van der Waals surface area contributed by atoms with E-state index in [-0.39, 0.29) is 0 Å². The van der Waals surface area contributed by atoms with Gasteiger partial charge < -0.3 is 5.73 Å². The SMILES string of the molecule is CCCC1CCCC(CN)(N2CCCCCC2)CC1. The van der Waals surface area contributed by atoms with Crippen LogP contribution in [-0.2, 0) is 0 Å². The zero-order chi connectivity index (χ0) is 13.6. The zero-order valence-electron chi connectivity index (χ0n) is 13.0. The predicted molar refractivity (Wildman–Crippen MR) is 83.3 cm³/mol. The van der Waals surface area contributed by atoms with Crippen LogP contribution in [0.1, 0.15) is 77.6 Å². The molecule has 0 aromatic carbocycles. The quantitative estimate of drug-likeness (QED) is 0.781. The molecule has 0 bridgehead atoms. The lowest BCUT2D eigenvalue weighted by Gasteiger charge is -2.43. The highest BCUT2D eigenvalue weighted by Gasteiger charge is 2.37. The fourth-order valence-corrected chi connectivity index (χ4v) is 4.35. The number of likely N-dealkylation sites (tertiary alicyclic amines) is 1. The number of hydrogen-bond acceptors (Lipinski definition) is 2. The minimum Gasteiger partial charge on any atom is -0.329 e. The van der Waals surface area contributed by atoms with Crippen LogP contribution in [0.3, 0.4) is 0 Å². The van der Waals surface area contributed by atoms with Gasteiger partial charge in [0.05, 0.1) is 0 Å². The second kappa shape index (κ2) is 7.64. The molecular weight excluding hydrogens is 232 g/mol. The molecule has 112 valence electrons. The van der Waals surface area contributed by atoms with E-state index in [1.54, 1.807) is 0 Å². The van der Waals surface area contributed by atoms with Gasteiger partial charge >= 0.3 is 0 Å². The van der Waals surface area contributed by atoms with Crippen LogP contribution in [0, 0.1) is 5.92 Å². The van der Waals surface area contributed by atoms with E-state index in [9.17, 15) is 0 Å². The fraction of sp³-hybridized carbons (Fsp3) is 1.00. The van der Waals surface area contributed by atoms with Crippen molar-refractivity contribution in [1.29, 1.82) is 0 Å². The number of nitrogens with two attached hydrogens (primary N) is 1. The number of nitrogens with zero attached hydrogens (tertiary/aromatic N) is 1. The number of rotatable bonds is 4. The Hall–Kier alpha value is -0.0800. The van der Waals surface area contributed by atoms with Crippen molar-refractivity contribution < 1.29 is 0 Å². The summed E-state index contributed by atoms with van der Waals surface area (Å²) < 4.78 is 0. The third-order valence-corrected chi connectivity index (χ3v) is 5.63. The average molecular weight is 266 g/mol. The summed E-state index contributed by atoms with van der Waals surface area (Å²) in [6, 6.07) is 0. The third-order valence-electron chi connectivity index (χ3n) is 5.63. The van der Waals surface area contributed by atoms with Crippen LogP contribution in [0.4, 0.5) is 0 Å². The molecule has 2 nitrogen and oxygen atoms in total. The van der Waals surface area contributed by atoms with Gasteiger partial charge in [-0.15, -0.1) is 0 Å². The Balaban J connectivity index is 2.00. The molecule has 1 saturated heterocycles. The molecule has 1 saturated carbocycles. The predicted octanol–water partition coefficient (Wildman–Crippen LogP) is 3.94. The Kier molecular flexibility index (Phi) is 6.15. The molecule has 0 spiro atoms. The van der Waals surface area contributed by atoms with Crippen LogP contribution >= 0.6 is 0 Å². The summed E-state index contributed by atoms with van der Waals surface area (Å²) in [4.78, 5) is 2.79. The molecule has 2 fully saturated rings. The van der Waals surface area contributed by atoms with Crippen molar-refractivity contribution in [2.45, 2.75) is 83.1 Å². The number of hydrogen-bond donors (Lipinski definition) is 1. The summed E-state index contributed by atoms with van der Waals surface area (Å²) in [5, 5.41) is 0. The third kappa shape index (κ3) is 3.95. The molecule has 2 heteroatoms. The van der Waals surface area contributed by atoms with E-state index in [2.05, 4.69) is 11.8 Å². The molecule has 0 aromatic heterocycles. The molecule has 1 aliphatic heterocycles. The Morgan fingerprint density at radius 2 is 1.74 bits per heavy atom. The van der Waals surface area contributed by atoms with Crippen molar-refractivity contribution in [3.05, 3.63) is 0 Å². The van der Waals surface area contributed by atoms with Gasteiger partial charge in [-0.1, -0.05) is 45.4 Å². The van der Waals surface area contributed by atoms with Gasteiger partial charge in [0.15, 0.2) is 0 Å². The highest BCUT2D eigenvalue weighted by Crippen LogP contribution is 2.36. The summed E-state index contributed by atoms with van der Waals surface area (Å²) in [7, 11) is 0. The van der Waals surface area contributed by atoms with Crippen molar-refractivity contribution in [2.75, 3.05) is 19.6 Å². The van der Waals surface area contributed by atoms with Crippen LogP contribution in [0.15, 0.2) is 0 Å². The van der Waals surface area contributed by atoms with Gasteiger partial charge in [-0.25, -0.2) is 0 Å². The van der Waals surface area contributed by atoms with Crippen LogP contribution in [0.25, 0.3) is 0 Å². The lowest BCUT2D eigenvalue weighted by atomic mass is 9.87. The van der Waals surface area contributed by atoms with Crippen molar-refractivity contribution in [2.24, 2.45) is 11.7 Å². The molecule has 1 heterocycles. The summed E-state index contributed by atoms with van der Waals surface area (Å²) >= 11 is 0. The summed E-state index contributed by atoms with van der Waals surface area (Å²) in [6.45, 7) is 5.81. The van der Waals surface area contributed by atoms with Gasteiger partial charge in [0.2, 0.25) is 0 Å². The second-order valence-electron chi connectivity index (χ2n) is 6.92. The molecule has 0 radical (unpaired) electrons. The average Bonchev–Trinajstić information content (AvgIpc) is 2.81. The van der Waals surface area contributed by atoms with Crippen molar-refractivity contribution in [1.82, 2.24) is 4.90 Å². The van der Waals surface area contributed by atoms with Gasteiger partial charge in [-0.05, 0) is 51.1 Å². The molecule has 2 unspecified atom stereocenters. The highest BCUT2D eigenvalue weighted by molar-refractivity contribution is 4.94. The molecule has 2 rings (SSSR count). The maximum absolute atomic E-state index is 6.27. The van der Waals surface area contributed by atoms with E-state index in [1.165, 1.54) is 83.7 Å². The first-order chi connectivity index (χ1) is 9.30. The Morgan fingerprint density at radius 3 is 2.37 bits per heavy atom. The van der Waals surface area contributed by atoms with Crippen LogP contribution in [0.2, 0.25) is 0 Å². The first-order valence-corrected chi connectivity index (χ1v) is 8.76. The Bertz CT molecular complexity index is 246. The maximum Gasteiger partial charge on any atom is 0.0331 e. The molecule has 19 heavy (non-hydrogen) atoms. The minimum atomic E-state index is 0.354. The normalized spacial score (nSPS) is 34.7. The smallest absolute Gasteiger partial charge is 0.0331 e. The van der Waals surface area contributed by atoms with Gasteiger partial charge in [0.25, 0.3) is 0 Å². The monoisotopic (exact) mass is 266 g/mol. The molecule has 2 N–H and O–H groups in total. The molecule has 2 aliphatic rings. The Labute approximate surface area is 120 Å². The summed E-state index contributed by atoms with van der Waals surface area (Å²) in [5.74, 6) is 0.977. The highest BCUT2D eigenvalue weighted by atomic mass is 15.2. The molecular formula is C17H34N2. The molecule has 2 atom stereocenters. The standard InChI is InChI=1S/C17H34N2/c1-2-8-16-9-7-11-17(15-18,12-10-16)19-13-5-3-4-6-14-19/h16H,2-15,18H2,1H3. The lowest BCUT2D eigenvalue weighted by molar-refractivity contribution is 0.0804. The van der Waals surface area contributed by atoms with Gasteiger partial charge in [-0.3, -0.25) is 4.90 Å². The molecule has 1 aliphatic carbocycles. The first-order valence-electron chi connectivity index (χ1n) is 8.76. The van der Waals surface area contributed by atoms with Gasteiger partial charge in [0.1, 0.15) is 0 Å². The van der Waals surface area contributed by atoms with Gasteiger partial charge in [-0.2, -0.15) is 0 Å². The largest absolute Gasteiger partial charge is 0.329 e. The maximum atomic E-state index is 6.27. The fourth-order valence-electron chi connectivity index (χ4n) is 4.35. The molecule has 0 amide bonds. The minimum absolute atomic E-state index is 0.354. The summed E-state index contributed by atoms with van der Waals surface area (Å²) in [5.41, 5.74) is 6.62. The van der Waals surface area contributed by atoms with E-state index in [0.29, 0.717) is 5.54 Å². The lowest BCUT2D eigenvalue weighted by Crippen LogP contribution is -2.54. The van der Waals surface area contributed by atoms with Crippen LogP contribution < -0.4 is 5.73 Å². The summed E-state index contributed by atoms with van der Waals surface area (Å²) in [6.07, 6.45) is 15.4. The van der Waals surface area contributed by atoms with E-state index in [1.807, 2.05) is 0 Å². The van der Waals surface area contributed by atoms with E-state index >= 15 is 0 Å². The first kappa shape index (κ1) is 15.3. The van der Waals surface area contributed by atoms with Crippen molar-refractivity contribution >= 4 is 0 Å². The van der Waals surface area contributed by atoms with Crippen molar-refractivity contribution in [3.63, 3.8) is 0 Å². The second-order valence-corrected chi connectivity index (χ2v) is 6.92. The molecule has 0 aromatic rings. The van der Waals surface area contributed by atoms with E-state index in [0.717, 1.165) is 12.5 Å². The van der Waals surface area contributed by atoms with Crippen LogP contribution in [-0.4, -0.2) is 30.1 Å². The van der Waals surface area contributed by atoms with Gasteiger partial charge in [0, 0.05) is 12.1 Å². The topological polar surface area (TPSA) is 29.3 Å². The van der Waals surface area contributed by atoms with Crippen molar-refractivity contribution in [3.8, 4) is 0 Å². The van der Waals surface area contributed by atoms with E-state index < -0.39 is 0 Å². The van der Waals surface area contributed by atoms with Crippen LogP contribution in [0.5, 0.6) is 0 Å². The zero-order valence-corrected chi connectivity index (χ0v) is 13.0. The Morgan fingerprint density at radius 1 is 1.00 bits per heavy atom. The van der Waals surface area contributed by atoms with E-state index in [4.69, 9.17) is 5.73 Å².